The first-order valence-electron chi connectivity index (χ1n) is 5.89. The maximum Gasteiger partial charge on any atom is 0.188 e. The molecule has 1 heterocycles. The van der Waals surface area contributed by atoms with Crippen LogP contribution in [0.5, 0.6) is 0 Å². The number of hydrogen-bond acceptors (Lipinski definition) is 3. The standard InChI is InChI=1S/C12H23N3O2.HI/c1-10(2)8-14-11(13)15-9-12(16-3)4-6-17-7-5-12;/h1,4-9H2,2-3H3,(H3,13,14,15);1H. The van der Waals surface area contributed by atoms with Gasteiger partial charge in [0.05, 0.1) is 12.1 Å². The normalized spacial score (nSPS) is 18.9. The number of rotatable bonds is 5. The van der Waals surface area contributed by atoms with Gasteiger partial charge >= 0.3 is 0 Å². The Kier molecular flexibility index (Phi) is 8.54. The summed E-state index contributed by atoms with van der Waals surface area (Å²) in [6.45, 7) is 8.40. The summed E-state index contributed by atoms with van der Waals surface area (Å²) in [5.74, 6) is 0.441. The van der Waals surface area contributed by atoms with Gasteiger partial charge in [-0.05, 0) is 6.92 Å². The van der Waals surface area contributed by atoms with Gasteiger partial charge in [-0.2, -0.15) is 0 Å². The molecule has 18 heavy (non-hydrogen) atoms. The molecule has 1 rings (SSSR count). The van der Waals surface area contributed by atoms with Crippen molar-refractivity contribution in [2.75, 3.05) is 33.4 Å². The summed E-state index contributed by atoms with van der Waals surface area (Å²) in [5.41, 5.74) is 6.57. The van der Waals surface area contributed by atoms with E-state index in [1.807, 2.05) is 6.92 Å². The van der Waals surface area contributed by atoms with Crippen molar-refractivity contribution >= 4 is 29.9 Å². The summed E-state index contributed by atoms with van der Waals surface area (Å²) in [6, 6.07) is 0. The van der Waals surface area contributed by atoms with Gasteiger partial charge in [-0.1, -0.05) is 12.2 Å². The van der Waals surface area contributed by atoms with Crippen LogP contribution in [-0.2, 0) is 9.47 Å². The van der Waals surface area contributed by atoms with Gasteiger partial charge in [-0.3, -0.25) is 4.99 Å². The number of halogens is 1. The van der Waals surface area contributed by atoms with Gasteiger partial charge in [0.2, 0.25) is 0 Å². The molecule has 5 nitrogen and oxygen atoms in total. The third kappa shape index (κ3) is 6.01. The van der Waals surface area contributed by atoms with Gasteiger partial charge in [-0.15, -0.1) is 24.0 Å². The van der Waals surface area contributed by atoms with Crippen molar-refractivity contribution in [3.8, 4) is 0 Å². The van der Waals surface area contributed by atoms with Crippen molar-refractivity contribution in [2.45, 2.75) is 25.4 Å². The molecule has 0 aromatic heterocycles. The first-order chi connectivity index (χ1) is 8.08. The van der Waals surface area contributed by atoms with Crippen LogP contribution >= 0.6 is 24.0 Å². The van der Waals surface area contributed by atoms with E-state index in [1.54, 1.807) is 7.11 Å². The maximum atomic E-state index is 5.76. The summed E-state index contributed by atoms with van der Waals surface area (Å²) in [7, 11) is 1.72. The van der Waals surface area contributed by atoms with Crippen molar-refractivity contribution in [1.29, 1.82) is 0 Å². The van der Waals surface area contributed by atoms with Crippen molar-refractivity contribution < 1.29 is 9.47 Å². The van der Waals surface area contributed by atoms with Crippen LogP contribution in [0.1, 0.15) is 19.8 Å². The van der Waals surface area contributed by atoms with E-state index in [-0.39, 0.29) is 29.6 Å². The van der Waals surface area contributed by atoms with Crippen LogP contribution < -0.4 is 11.1 Å². The van der Waals surface area contributed by atoms with Crippen molar-refractivity contribution in [2.24, 2.45) is 10.7 Å². The fourth-order valence-electron chi connectivity index (χ4n) is 1.70. The Morgan fingerprint density at radius 1 is 1.50 bits per heavy atom. The zero-order valence-electron chi connectivity index (χ0n) is 11.2. The number of hydrogen-bond donors (Lipinski definition) is 2. The molecule has 0 spiro atoms. The van der Waals surface area contributed by atoms with E-state index in [4.69, 9.17) is 15.2 Å². The molecule has 3 N–H and O–H groups in total. The largest absolute Gasteiger partial charge is 0.381 e. The summed E-state index contributed by atoms with van der Waals surface area (Å²) >= 11 is 0. The molecular formula is C12H24IN3O2. The highest BCUT2D eigenvalue weighted by atomic mass is 127. The maximum absolute atomic E-state index is 5.76. The first-order valence-corrected chi connectivity index (χ1v) is 5.89. The highest BCUT2D eigenvalue weighted by molar-refractivity contribution is 14.0. The topological polar surface area (TPSA) is 68.9 Å². The van der Waals surface area contributed by atoms with E-state index in [0.29, 0.717) is 19.0 Å². The Hall–Kier alpha value is -0.340. The third-order valence-electron chi connectivity index (χ3n) is 2.95. The van der Waals surface area contributed by atoms with Crippen LogP contribution in [0.4, 0.5) is 0 Å². The summed E-state index contributed by atoms with van der Waals surface area (Å²) in [5, 5.41) is 3.00. The number of methoxy groups -OCH3 is 1. The van der Waals surface area contributed by atoms with Crippen LogP contribution in [0, 0.1) is 0 Å². The van der Waals surface area contributed by atoms with Gasteiger partial charge < -0.3 is 20.5 Å². The molecule has 6 heteroatoms. The molecule has 0 unspecified atom stereocenters. The molecule has 1 saturated heterocycles. The van der Waals surface area contributed by atoms with Crippen LogP contribution in [0.15, 0.2) is 17.1 Å². The van der Waals surface area contributed by atoms with Crippen LogP contribution in [-0.4, -0.2) is 45.0 Å². The SMILES string of the molecule is C=C(C)CNC(N)=NCC1(OC)CCOCC1.I. The summed E-state index contributed by atoms with van der Waals surface area (Å²) < 4.78 is 10.9. The van der Waals surface area contributed by atoms with Gasteiger partial charge in [0, 0.05) is 39.7 Å². The second kappa shape index (κ2) is 8.71. The smallest absolute Gasteiger partial charge is 0.188 e. The van der Waals surface area contributed by atoms with Gasteiger partial charge in [0.1, 0.15) is 0 Å². The van der Waals surface area contributed by atoms with Crippen molar-refractivity contribution in [3.05, 3.63) is 12.2 Å². The number of nitrogens with two attached hydrogens (primary N) is 1. The number of guanidine groups is 1. The lowest BCUT2D eigenvalue weighted by atomic mass is 9.94. The predicted octanol–water partition coefficient (Wildman–Crippen LogP) is 1.28. The molecule has 1 fully saturated rings. The molecular weight excluding hydrogens is 345 g/mol. The zero-order chi connectivity index (χ0) is 12.7. The molecule has 0 atom stereocenters. The van der Waals surface area contributed by atoms with E-state index in [0.717, 1.165) is 31.6 Å². The quantitative estimate of drug-likeness (QED) is 0.332. The van der Waals surface area contributed by atoms with Gasteiger partial charge in [0.25, 0.3) is 0 Å². The minimum atomic E-state index is -0.215. The fourth-order valence-corrected chi connectivity index (χ4v) is 1.70. The Morgan fingerprint density at radius 3 is 2.61 bits per heavy atom. The Balaban J connectivity index is 0.00000289. The Bertz CT molecular complexity index is 289. The minimum Gasteiger partial charge on any atom is -0.381 e. The van der Waals surface area contributed by atoms with E-state index >= 15 is 0 Å². The molecule has 0 amide bonds. The van der Waals surface area contributed by atoms with Gasteiger partial charge in [-0.25, -0.2) is 0 Å². The zero-order valence-corrected chi connectivity index (χ0v) is 13.5. The molecule has 0 radical (unpaired) electrons. The summed E-state index contributed by atoms with van der Waals surface area (Å²) in [6.07, 6.45) is 1.72. The number of aliphatic imine (C=N–C) groups is 1. The van der Waals surface area contributed by atoms with Crippen molar-refractivity contribution in [3.63, 3.8) is 0 Å². The Labute approximate surface area is 126 Å². The van der Waals surface area contributed by atoms with E-state index in [9.17, 15) is 0 Å². The summed E-state index contributed by atoms with van der Waals surface area (Å²) in [4.78, 5) is 4.32. The average Bonchev–Trinajstić information content (AvgIpc) is 2.35. The van der Waals surface area contributed by atoms with Crippen molar-refractivity contribution in [1.82, 2.24) is 5.32 Å². The molecule has 0 bridgehead atoms. The molecule has 0 saturated carbocycles. The minimum absolute atomic E-state index is 0. The van der Waals surface area contributed by atoms with E-state index in [1.165, 1.54) is 0 Å². The Morgan fingerprint density at radius 2 is 2.11 bits per heavy atom. The highest BCUT2D eigenvalue weighted by Crippen LogP contribution is 2.24. The second-order valence-electron chi connectivity index (χ2n) is 4.51. The van der Waals surface area contributed by atoms with E-state index in [2.05, 4.69) is 16.9 Å². The lowest BCUT2D eigenvalue weighted by molar-refractivity contribution is -0.0828. The third-order valence-corrected chi connectivity index (χ3v) is 2.95. The van der Waals surface area contributed by atoms with Gasteiger partial charge in [0.15, 0.2) is 5.96 Å². The first kappa shape index (κ1) is 17.7. The second-order valence-corrected chi connectivity index (χ2v) is 4.51. The highest BCUT2D eigenvalue weighted by Gasteiger charge is 2.32. The lowest BCUT2D eigenvalue weighted by Gasteiger charge is -2.34. The number of nitrogens with zero attached hydrogens (tertiary/aromatic N) is 1. The predicted molar refractivity (Wildman–Crippen MR) is 84.5 cm³/mol. The fraction of sp³-hybridized carbons (Fsp3) is 0.750. The molecule has 1 aliphatic rings. The molecule has 106 valence electrons. The van der Waals surface area contributed by atoms with Crippen LogP contribution in [0.25, 0.3) is 0 Å². The number of nitrogens with one attached hydrogen (secondary N) is 1. The molecule has 1 aliphatic heterocycles. The molecule has 0 aromatic carbocycles. The van der Waals surface area contributed by atoms with E-state index < -0.39 is 0 Å². The molecule has 0 aromatic rings. The average molecular weight is 369 g/mol. The number of ether oxygens (including phenoxy) is 2. The lowest BCUT2D eigenvalue weighted by Crippen LogP contribution is -2.42. The monoisotopic (exact) mass is 369 g/mol. The van der Waals surface area contributed by atoms with Crippen LogP contribution in [0.3, 0.4) is 0 Å². The van der Waals surface area contributed by atoms with Crippen LogP contribution in [0.2, 0.25) is 0 Å². The molecule has 0 aliphatic carbocycles.